The number of aliphatic hydroxyl groups is 1. The molecule has 0 aliphatic carbocycles. The third kappa shape index (κ3) is 2.66. The SMILES string of the molecule is COCON1C(=O)C(c2c(C)cc(Br)cc2C)=C(O)C1(C)C. The Balaban J connectivity index is 2.56. The van der Waals surface area contributed by atoms with Gasteiger partial charge >= 0.3 is 0 Å². The monoisotopic (exact) mass is 369 g/mol. The van der Waals surface area contributed by atoms with Gasteiger partial charge in [-0.25, -0.2) is 9.90 Å². The zero-order valence-corrected chi connectivity index (χ0v) is 14.9. The zero-order valence-electron chi connectivity index (χ0n) is 13.4. The summed E-state index contributed by atoms with van der Waals surface area (Å²) < 4.78 is 5.80. The number of ether oxygens (including phenoxy) is 1. The van der Waals surface area contributed by atoms with Crippen LogP contribution < -0.4 is 0 Å². The zero-order chi connectivity index (χ0) is 16.7. The largest absolute Gasteiger partial charge is 0.509 e. The van der Waals surface area contributed by atoms with Gasteiger partial charge in [0.05, 0.1) is 5.57 Å². The summed E-state index contributed by atoms with van der Waals surface area (Å²) in [6.45, 7) is 7.21. The lowest BCUT2D eigenvalue weighted by atomic mass is 9.93. The quantitative estimate of drug-likeness (QED) is 0.825. The van der Waals surface area contributed by atoms with Gasteiger partial charge in [0.1, 0.15) is 11.3 Å². The van der Waals surface area contributed by atoms with Crippen molar-refractivity contribution in [3.8, 4) is 0 Å². The van der Waals surface area contributed by atoms with Crippen LogP contribution in [0.25, 0.3) is 5.57 Å². The number of benzene rings is 1. The van der Waals surface area contributed by atoms with Crippen LogP contribution in [-0.2, 0) is 14.4 Å². The molecule has 1 aliphatic heterocycles. The highest BCUT2D eigenvalue weighted by molar-refractivity contribution is 9.10. The lowest BCUT2D eigenvalue weighted by Crippen LogP contribution is -2.43. The Morgan fingerprint density at radius 3 is 2.32 bits per heavy atom. The Morgan fingerprint density at radius 1 is 1.27 bits per heavy atom. The number of carbonyl (C=O) groups is 1. The molecule has 0 radical (unpaired) electrons. The van der Waals surface area contributed by atoms with Gasteiger partial charge in [0, 0.05) is 11.6 Å². The molecule has 22 heavy (non-hydrogen) atoms. The van der Waals surface area contributed by atoms with Crippen LogP contribution in [0.15, 0.2) is 22.4 Å². The molecule has 0 saturated heterocycles. The maximum atomic E-state index is 12.7. The molecule has 1 aromatic rings. The van der Waals surface area contributed by atoms with Crippen LogP contribution in [0.5, 0.6) is 0 Å². The molecule has 1 aromatic carbocycles. The van der Waals surface area contributed by atoms with Crippen LogP contribution in [-0.4, -0.2) is 35.5 Å². The third-order valence-corrected chi connectivity index (χ3v) is 4.23. The molecule has 0 aromatic heterocycles. The number of aliphatic hydroxyl groups excluding tert-OH is 1. The van der Waals surface area contributed by atoms with Crippen LogP contribution in [0.1, 0.15) is 30.5 Å². The number of halogens is 1. The van der Waals surface area contributed by atoms with Gasteiger partial charge in [-0.1, -0.05) is 15.9 Å². The summed E-state index contributed by atoms with van der Waals surface area (Å²) in [4.78, 5) is 18.1. The van der Waals surface area contributed by atoms with Crippen molar-refractivity contribution in [1.82, 2.24) is 5.06 Å². The molecule has 1 heterocycles. The highest BCUT2D eigenvalue weighted by Gasteiger charge is 2.48. The molecule has 0 unspecified atom stereocenters. The fourth-order valence-corrected chi connectivity index (χ4v) is 3.40. The van der Waals surface area contributed by atoms with E-state index in [2.05, 4.69) is 15.9 Å². The Hall–Kier alpha value is -1.37. The van der Waals surface area contributed by atoms with Gasteiger partial charge in [-0.05, 0) is 56.5 Å². The van der Waals surface area contributed by atoms with E-state index in [9.17, 15) is 9.90 Å². The maximum Gasteiger partial charge on any atom is 0.282 e. The highest BCUT2D eigenvalue weighted by atomic mass is 79.9. The van der Waals surface area contributed by atoms with Crippen LogP contribution >= 0.6 is 15.9 Å². The minimum atomic E-state index is -0.948. The van der Waals surface area contributed by atoms with E-state index >= 15 is 0 Å². The van der Waals surface area contributed by atoms with Gasteiger partial charge in [-0.3, -0.25) is 4.79 Å². The molecule has 1 N–H and O–H groups in total. The Morgan fingerprint density at radius 2 is 1.82 bits per heavy atom. The van der Waals surface area contributed by atoms with Crippen molar-refractivity contribution in [3.63, 3.8) is 0 Å². The first-order valence-corrected chi connectivity index (χ1v) is 7.68. The standard InChI is InChI=1S/C16H20BrNO4/c1-9-6-11(17)7-10(2)12(9)13-14(19)16(3,4)18(15(13)20)22-8-21-5/h6-7,19H,8H2,1-5H3. The normalized spacial score (nSPS) is 17.5. The molecule has 1 aliphatic rings. The Bertz CT molecular complexity index is 629. The number of aryl methyl sites for hydroxylation is 2. The first-order chi connectivity index (χ1) is 10.2. The van der Waals surface area contributed by atoms with Crippen molar-refractivity contribution in [1.29, 1.82) is 0 Å². The Kier molecular flexibility index (Phi) is 4.65. The second kappa shape index (κ2) is 6.02. The molecule has 6 heteroatoms. The summed E-state index contributed by atoms with van der Waals surface area (Å²) >= 11 is 3.44. The fraction of sp³-hybridized carbons (Fsp3) is 0.438. The summed E-state index contributed by atoms with van der Waals surface area (Å²) in [5, 5.41) is 11.8. The minimum absolute atomic E-state index is 0.00197. The first-order valence-electron chi connectivity index (χ1n) is 6.89. The average molecular weight is 370 g/mol. The number of hydrogen-bond donors (Lipinski definition) is 1. The topological polar surface area (TPSA) is 59.0 Å². The van der Waals surface area contributed by atoms with Crippen molar-refractivity contribution in [2.75, 3.05) is 13.9 Å². The van der Waals surface area contributed by atoms with Gasteiger partial charge in [0.25, 0.3) is 5.91 Å². The summed E-state index contributed by atoms with van der Waals surface area (Å²) in [6.07, 6.45) is 0. The van der Waals surface area contributed by atoms with Crippen molar-refractivity contribution >= 4 is 27.4 Å². The predicted molar refractivity (Wildman–Crippen MR) is 87.1 cm³/mol. The summed E-state index contributed by atoms with van der Waals surface area (Å²) in [7, 11) is 1.48. The Labute approximate surface area is 138 Å². The van der Waals surface area contributed by atoms with E-state index in [0.717, 1.165) is 21.2 Å². The second-order valence-electron chi connectivity index (χ2n) is 5.83. The molecule has 0 bridgehead atoms. The lowest BCUT2D eigenvalue weighted by Gasteiger charge is -2.30. The molecule has 5 nitrogen and oxygen atoms in total. The van der Waals surface area contributed by atoms with Crippen molar-refractivity contribution in [2.45, 2.75) is 33.2 Å². The molecule has 0 atom stereocenters. The summed E-state index contributed by atoms with van der Waals surface area (Å²) in [6, 6.07) is 3.84. The maximum absolute atomic E-state index is 12.7. The molecular formula is C16H20BrNO4. The number of hydrogen-bond acceptors (Lipinski definition) is 4. The van der Waals surface area contributed by atoms with Gasteiger partial charge < -0.3 is 9.84 Å². The number of rotatable bonds is 4. The van der Waals surface area contributed by atoms with Crippen LogP contribution in [0.3, 0.4) is 0 Å². The van der Waals surface area contributed by atoms with Crippen LogP contribution in [0.4, 0.5) is 0 Å². The smallest absolute Gasteiger partial charge is 0.282 e. The number of amides is 1. The molecule has 1 amide bonds. The van der Waals surface area contributed by atoms with E-state index in [4.69, 9.17) is 9.57 Å². The summed E-state index contributed by atoms with van der Waals surface area (Å²) in [5.74, 6) is -0.366. The molecular weight excluding hydrogens is 350 g/mol. The van der Waals surface area contributed by atoms with Gasteiger partial charge in [0.2, 0.25) is 0 Å². The molecule has 0 saturated carbocycles. The highest BCUT2D eigenvalue weighted by Crippen LogP contribution is 2.41. The molecule has 2 rings (SSSR count). The number of carbonyl (C=O) groups excluding carboxylic acids is 1. The van der Waals surface area contributed by atoms with Gasteiger partial charge in [-0.15, -0.1) is 0 Å². The third-order valence-electron chi connectivity index (χ3n) is 3.77. The van der Waals surface area contributed by atoms with Crippen molar-refractivity contribution in [3.05, 3.63) is 39.1 Å². The van der Waals surface area contributed by atoms with Gasteiger partial charge in [0.15, 0.2) is 6.79 Å². The first kappa shape index (κ1) is 17.0. The lowest BCUT2D eigenvalue weighted by molar-refractivity contribution is -0.238. The summed E-state index contributed by atoms with van der Waals surface area (Å²) in [5.41, 5.74) is 1.89. The second-order valence-corrected chi connectivity index (χ2v) is 6.75. The molecule has 120 valence electrons. The van der Waals surface area contributed by atoms with E-state index in [-0.39, 0.29) is 24.0 Å². The molecule has 0 fully saturated rings. The van der Waals surface area contributed by atoms with E-state index in [0.29, 0.717) is 0 Å². The number of hydroxylamine groups is 2. The van der Waals surface area contributed by atoms with E-state index < -0.39 is 5.54 Å². The van der Waals surface area contributed by atoms with Crippen LogP contribution in [0, 0.1) is 13.8 Å². The molecule has 0 spiro atoms. The van der Waals surface area contributed by atoms with Crippen molar-refractivity contribution in [2.24, 2.45) is 0 Å². The predicted octanol–water partition coefficient (Wildman–Crippen LogP) is 3.49. The number of methoxy groups -OCH3 is 1. The van der Waals surface area contributed by atoms with E-state index in [1.54, 1.807) is 13.8 Å². The average Bonchev–Trinajstić information content (AvgIpc) is 2.56. The van der Waals surface area contributed by atoms with E-state index in [1.165, 1.54) is 12.2 Å². The number of nitrogens with zero attached hydrogens (tertiary/aromatic N) is 1. The van der Waals surface area contributed by atoms with Gasteiger partial charge in [-0.2, -0.15) is 0 Å². The minimum Gasteiger partial charge on any atom is -0.509 e. The fourth-order valence-electron chi connectivity index (χ4n) is 2.71. The van der Waals surface area contributed by atoms with E-state index in [1.807, 2.05) is 26.0 Å². The van der Waals surface area contributed by atoms with Crippen LogP contribution in [0.2, 0.25) is 0 Å². The van der Waals surface area contributed by atoms with Crippen molar-refractivity contribution < 1.29 is 19.5 Å².